The predicted octanol–water partition coefficient (Wildman–Crippen LogP) is 4.09. The fourth-order valence-corrected chi connectivity index (χ4v) is 2.90. The van der Waals surface area contributed by atoms with Gasteiger partial charge in [0.2, 0.25) is 0 Å². The van der Waals surface area contributed by atoms with E-state index in [-0.39, 0.29) is 6.04 Å². The van der Waals surface area contributed by atoms with Crippen LogP contribution < -0.4 is 5.32 Å². The van der Waals surface area contributed by atoms with Gasteiger partial charge in [-0.25, -0.2) is 9.50 Å². The first-order valence-corrected chi connectivity index (χ1v) is 7.72. The Morgan fingerprint density at radius 3 is 2.85 bits per heavy atom. The molecule has 4 nitrogen and oxygen atoms in total. The molecule has 5 heteroatoms. The number of aromatic nitrogens is 3. The Balaban J connectivity index is 1.95. The number of fused-ring (bicyclic) bond motifs is 1. The van der Waals surface area contributed by atoms with Crippen LogP contribution in [0.2, 0.25) is 0 Å². The largest absolute Gasteiger partial charge is 0.362 e. The Bertz CT molecular complexity index is 700. The molecule has 1 atom stereocenters. The standard InChI is InChI=1S/C15H18N4S/c1-10(2)13-8-14-15(16-5-6-19(14)18-13)17-11(3)12-4-7-20-9-12/h4-11H,1-3H3,(H,16,17). The van der Waals surface area contributed by atoms with Crippen molar-refractivity contribution in [3.05, 3.63) is 46.5 Å². The Kier molecular flexibility index (Phi) is 3.44. The van der Waals surface area contributed by atoms with Gasteiger partial charge in [-0.3, -0.25) is 0 Å². The Labute approximate surface area is 122 Å². The molecule has 0 aliphatic carbocycles. The minimum Gasteiger partial charge on any atom is -0.362 e. The average Bonchev–Trinajstić information content (AvgIpc) is 3.08. The van der Waals surface area contributed by atoms with E-state index >= 15 is 0 Å². The van der Waals surface area contributed by atoms with E-state index in [1.54, 1.807) is 17.5 Å². The molecule has 0 spiro atoms. The fraction of sp³-hybridized carbons (Fsp3) is 0.333. The summed E-state index contributed by atoms with van der Waals surface area (Å²) in [4.78, 5) is 4.46. The maximum absolute atomic E-state index is 4.58. The molecule has 0 fully saturated rings. The van der Waals surface area contributed by atoms with Gasteiger partial charge in [-0.15, -0.1) is 0 Å². The van der Waals surface area contributed by atoms with Gasteiger partial charge in [0.1, 0.15) is 5.52 Å². The summed E-state index contributed by atoms with van der Waals surface area (Å²) in [5.74, 6) is 1.29. The maximum atomic E-state index is 4.58. The first-order chi connectivity index (χ1) is 9.65. The lowest BCUT2D eigenvalue weighted by Crippen LogP contribution is -2.08. The molecule has 0 aliphatic heterocycles. The van der Waals surface area contributed by atoms with E-state index < -0.39 is 0 Å². The average molecular weight is 286 g/mol. The van der Waals surface area contributed by atoms with E-state index in [2.05, 4.69) is 59.1 Å². The van der Waals surface area contributed by atoms with E-state index in [9.17, 15) is 0 Å². The zero-order valence-electron chi connectivity index (χ0n) is 11.9. The lowest BCUT2D eigenvalue weighted by molar-refractivity contribution is 0.786. The third-order valence-corrected chi connectivity index (χ3v) is 4.10. The number of nitrogens with zero attached hydrogens (tertiary/aromatic N) is 3. The van der Waals surface area contributed by atoms with Crippen molar-refractivity contribution in [2.75, 3.05) is 5.32 Å². The fourth-order valence-electron chi connectivity index (χ4n) is 2.14. The van der Waals surface area contributed by atoms with Crippen molar-refractivity contribution in [3.8, 4) is 0 Å². The van der Waals surface area contributed by atoms with Crippen molar-refractivity contribution in [1.82, 2.24) is 14.6 Å². The summed E-state index contributed by atoms with van der Waals surface area (Å²) in [5.41, 5.74) is 3.39. The third kappa shape index (κ3) is 2.41. The monoisotopic (exact) mass is 286 g/mol. The highest BCUT2D eigenvalue weighted by Gasteiger charge is 2.12. The predicted molar refractivity (Wildman–Crippen MR) is 83.4 cm³/mol. The second kappa shape index (κ2) is 5.25. The van der Waals surface area contributed by atoms with E-state index in [0.717, 1.165) is 17.0 Å². The Hall–Kier alpha value is -1.88. The number of rotatable bonds is 4. The lowest BCUT2D eigenvalue weighted by Gasteiger charge is -2.13. The molecule has 3 aromatic heterocycles. The van der Waals surface area contributed by atoms with Crippen molar-refractivity contribution in [2.45, 2.75) is 32.7 Å². The van der Waals surface area contributed by atoms with Gasteiger partial charge in [0.15, 0.2) is 5.82 Å². The van der Waals surface area contributed by atoms with Crippen LogP contribution >= 0.6 is 11.3 Å². The molecule has 3 rings (SSSR count). The lowest BCUT2D eigenvalue weighted by atomic mass is 10.1. The molecule has 0 saturated carbocycles. The van der Waals surface area contributed by atoms with Gasteiger partial charge in [-0.1, -0.05) is 13.8 Å². The minimum atomic E-state index is 0.234. The molecule has 1 N–H and O–H groups in total. The van der Waals surface area contributed by atoms with Gasteiger partial charge in [0, 0.05) is 12.4 Å². The summed E-state index contributed by atoms with van der Waals surface area (Å²) in [5, 5.41) is 12.3. The van der Waals surface area contributed by atoms with E-state index in [0.29, 0.717) is 5.92 Å². The molecule has 1 unspecified atom stereocenters. The van der Waals surface area contributed by atoms with E-state index in [1.165, 1.54) is 5.56 Å². The van der Waals surface area contributed by atoms with Crippen LogP contribution in [0, 0.1) is 0 Å². The van der Waals surface area contributed by atoms with Crippen molar-refractivity contribution < 1.29 is 0 Å². The SMILES string of the molecule is CC(C)c1cc2c(NC(C)c3ccsc3)nccn2n1. The summed E-state index contributed by atoms with van der Waals surface area (Å²) < 4.78 is 1.89. The normalized spacial score (nSPS) is 13.0. The Morgan fingerprint density at radius 1 is 1.30 bits per heavy atom. The molecular formula is C15H18N4S. The number of hydrogen-bond acceptors (Lipinski definition) is 4. The second-order valence-corrected chi connectivity index (χ2v) is 6.03. The molecule has 20 heavy (non-hydrogen) atoms. The third-order valence-electron chi connectivity index (χ3n) is 3.40. The van der Waals surface area contributed by atoms with Gasteiger partial charge in [0.05, 0.1) is 11.7 Å². The van der Waals surface area contributed by atoms with Crippen LogP contribution in [0.3, 0.4) is 0 Å². The van der Waals surface area contributed by atoms with Gasteiger partial charge in [0.25, 0.3) is 0 Å². The number of thiophene rings is 1. The number of hydrogen-bond donors (Lipinski definition) is 1. The summed E-state index contributed by atoms with van der Waals surface area (Å²) in [6, 6.07) is 4.48. The summed E-state index contributed by atoms with van der Waals surface area (Å²) in [7, 11) is 0. The van der Waals surface area contributed by atoms with Crippen LogP contribution in [0.5, 0.6) is 0 Å². The zero-order chi connectivity index (χ0) is 14.1. The van der Waals surface area contributed by atoms with Crippen LogP contribution in [0.25, 0.3) is 5.52 Å². The van der Waals surface area contributed by atoms with Crippen LogP contribution in [0.15, 0.2) is 35.3 Å². The highest BCUT2D eigenvalue weighted by molar-refractivity contribution is 7.07. The van der Waals surface area contributed by atoms with Crippen molar-refractivity contribution in [2.24, 2.45) is 0 Å². The maximum Gasteiger partial charge on any atom is 0.152 e. The van der Waals surface area contributed by atoms with Crippen LogP contribution in [0.4, 0.5) is 5.82 Å². The molecular weight excluding hydrogens is 268 g/mol. The molecule has 0 saturated heterocycles. The second-order valence-electron chi connectivity index (χ2n) is 5.25. The summed E-state index contributed by atoms with van der Waals surface area (Å²) in [6.45, 7) is 6.44. The van der Waals surface area contributed by atoms with Gasteiger partial charge in [-0.05, 0) is 41.3 Å². The summed E-state index contributed by atoms with van der Waals surface area (Å²) >= 11 is 1.71. The van der Waals surface area contributed by atoms with Crippen molar-refractivity contribution >= 4 is 22.7 Å². The molecule has 3 heterocycles. The quantitative estimate of drug-likeness (QED) is 0.785. The topological polar surface area (TPSA) is 42.2 Å². The van der Waals surface area contributed by atoms with Crippen LogP contribution in [0.1, 0.15) is 44.0 Å². The Morgan fingerprint density at radius 2 is 2.15 bits per heavy atom. The van der Waals surface area contributed by atoms with E-state index in [4.69, 9.17) is 0 Å². The highest BCUT2D eigenvalue weighted by atomic mass is 32.1. The van der Waals surface area contributed by atoms with Gasteiger partial charge in [-0.2, -0.15) is 16.4 Å². The first-order valence-electron chi connectivity index (χ1n) is 6.78. The van der Waals surface area contributed by atoms with Gasteiger partial charge < -0.3 is 5.32 Å². The first kappa shape index (κ1) is 13.1. The zero-order valence-corrected chi connectivity index (χ0v) is 12.7. The number of anilines is 1. The van der Waals surface area contributed by atoms with E-state index in [1.807, 2.05) is 10.7 Å². The molecule has 0 radical (unpaired) electrons. The van der Waals surface area contributed by atoms with Crippen LogP contribution in [-0.4, -0.2) is 14.6 Å². The summed E-state index contributed by atoms with van der Waals surface area (Å²) in [6.07, 6.45) is 3.68. The smallest absolute Gasteiger partial charge is 0.152 e. The van der Waals surface area contributed by atoms with Gasteiger partial charge >= 0.3 is 0 Å². The highest BCUT2D eigenvalue weighted by Crippen LogP contribution is 2.24. The molecule has 0 aliphatic rings. The molecule has 0 aromatic carbocycles. The molecule has 0 bridgehead atoms. The van der Waals surface area contributed by atoms with Crippen LogP contribution in [-0.2, 0) is 0 Å². The molecule has 104 valence electrons. The number of nitrogens with one attached hydrogen (secondary N) is 1. The molecule has 3 aromatic rings. The minimum absolute atomic E-state index is 0.234. The van der Waals surface area contributed by atoms with Crippen molar-refractivity contribution in [3.63, 3.8) is 0 Å². The molecule has 0 amide bonds. The van der Waals surface area contributed by atoms with Crippen molar-refractivity contribution in [1.29, 1.82) is 0 Å².